The van der Waals surface area contributed by atoms with Crippen molar-refractivity contribution in [3.63, 3.8) is 0 Å². The molecule has 2 heterocycles. The monoisotopic (exact) mass is 250 g/mol. The molecule has 1 aromatic heterocycles. The predicted octanol–water partition coefficient (Wildman–Crippen LogP) is -0.554. The van der Waals surface area contributed by atoms with Gasteiger partial charge in [-0.05, 0) is 18.1 Å². The Bertz CT molecular complexity index is 401. The molecule has 18 heavy (non-hydrogen) atoms. The molecule has 6 nitrogen and oxygen atoms in total. The minimum Gasteiger partial charge on any atom is -0.480 e. The van der Waals surface area contributed by atoms with Crippen molar-refractivity contribution in [2.75, 3.05) is 31.1 Å². The second-order valence-corrected chi connectivity index (χ2v) is 4.41. The summed E-state index contributed by atoms with van der Waals surface area (Å²) in [6.45, 7) is 3.82. The van der Waals surface area contributed by atoms with Crippen LogP contribution in [0.25, 0.3) is 0 Å². The quantitative estimate of drug-likeness (QED) is 0.664. The van der Waals surface area contributed by atoms with Gasteiger partial charge in [0.25, 0.3) is 0 Å². The van der Waals surface area contributed by atoms with Crippen molar-refractivity contribution < 1.29 is 9.90 Å². The zero-order valence-electron chi connectivity index (χ0n) is 10.2. The van der Waals surface area contributed by atoms with Crippen molar-refractivity contribution in [1.82, 2.24) is 10.3 Å². The van der Waals surface area contributed by atoms with Gasteiger partial charge in [-0.1, -0.05) is 6.07 Å². The highest BCUT2D eigenvalue weighted by Crippen LogP contribution is 2.12. The van der Waals surface area contributed by atoms with Gasteiger partial charge in [0.15, 0.2) is 0 Å². The Balaban J connectivity index is 1.98. The van der Waals surface area contributed by atoms with Gasteiger partial charge in [0, 0.05) is 32.4 Å². The summed E-state index contributed by atoms with van der Waals surface area (Å²) < 4.78 is 0. The number of piperazine rings is 1. The molecule has 1 aliphatic rings. The molecular weight excluding hydrogens is 232 g/mol. The van der Waals surface area contributed by atoms with Crippen molar-refractivity contribution in [3.05, 3.63) is 23.9 Å². The zero-order chi connectivity index (χ0) is 13.0. The van der Waals surface area contributed by atoms with Gasteiger partial charge in [-0.2, -0.15) is 0 Å². The van der Waals surface area contributed by atoms with Gasteiger partial charge >= 0.3 is 5.97 Å². The third-order valence-corrected chi connectivity index (χ3v) is 3.02. The Morgan fingerprint density at radius 3 is 2.78 bits per heavy atom. The molecule has 1 aromatic rings. The van der Waals surface area contributed by atoms with E-state index >= 15 is 0 Å². The van der Waals surface area contributed by atoms with Crippen LogP contribution in [-0.2, 0) is 11.2 Å². The third kappa shape index (κ3) is 3.18. The van der Waals surface area contributed by atoms with Crippen LogP contribution >= 0.6 is 0 Å². The van der Waals surface area contributed by atoms with E-state index in [0.717, 1.165) is 37.6 Å². The summed E-state index contributed by atoms with van der Waals surface area (Å²) in [5.74, 6) is -0.0506. The number of carboxylic acids is 1. The minimum absolute atomic E-state index is 0.310. The summed E-state index contributed by atoms with van der Waals surface area (Å²) in [4.78, 5) is 17.2. The van der Waals surface area contributed by atoms with Gasteiger partial charge in [0.05, 0.1) is 0 Å². The minimum atomic E-state index is -0.985. The van der Waals surface area contributed by atoms with Crippen LogP contribution in [0.1, 0.15) is 5.56 Å². The number of nitrogens with zero attached hydrogens (tertiary/aromatic N) is 2. The molecule has 98 valence electrons. The Labute approximate surface area is 106 Å². The molecule has 1 atom stereocenters. The molecule has 0 radical (unpaired) electrons. The van der Waals surface area contributed by atoms with Crippen LogP contribution in [-0.4, -0.2) is 48.3 Å². The standard InChI is InChI=1S/C12H18N4O2/c13-10(12(17)18)7-9-1-2-11(15-8-9)16-5-3-14-4-6-16/h1-2,8,10,14H,3-7,13H2,(H,17,18)/t10-/m0/s1. The lowest BCUT2D eigenvalue weighted by molar-refractivity contribution is -0.138. The van der Waals surface area contributed by atoms with Crippen molar-refractivity contribution in [3.8, 4) is 0 Å². The van der Waals surface area contributed by atoms with Crippen LogP contribution in [0.2, 0.25) is 0 Å². The fourth-order valence-corrected chi connectivity index (χ4v) is 1.96. The normalized spacial score (nSPS) is 17.5. The molecule has 1 saturated heterocycles. The average Bonchev–Trinajstić information content (AvgIpc) is 2.40. The maximum atomic E-state index is 10.7. The lowest BCUT2D eigenvalue weighted by Gasteiger charge is -2.28. The van der Waals surface area contributed by atoms with Crippen LogP contribution in [0.15, 0.2) is 18.3 Å². The van der Waals surface area contributed by atoms with Gasteiger partial charge in [0.2, 0.25) is 0 Å². The second-order valence-electron chi connectivity index (χ2n) is 4.41. The van der Waals surface area contributed by atoms with E-state index in [-0.39, 0.29) is 0 Å². The maximum absolute atomic E-state index is 10.7. The van der Waals surface area contributed by atoms with Crippen molar-refractivity contribution in [2.24, 2.45) is 5.73 Å². The highest BCUT2D eigenvalue weighted by molar-refractivity contribution is 5.73. The Hall–Kier alpha value is -1.66. The summed E-state index contributed by atoms with van der Waals surface area (Å²) in [7, 11) is 0. The fourth-order valence-electron chi connectivity index (χ4n) is 1.96. The van der Waals surface area contributed by atoms with Crippen LogP contribution in [0, 0.1) is 0 Å². The van der Waals surface area contributed by atoms with Gasteiger partial charge in [0.1, 0.15) is 11.9 Å². The molecule has 0 saturated carbocycles. The van der Waals surface area contributed by atoms with Gasteiger partial charge in [-0.25, -0.2) is 4.98 Å². The highest BCUT2D eigenvalue weighted by atomic mass is 16.4. The van der Waals surface area contributed by atoms with Crippen LogP contribution < -0.4 is 16.0 Å². The van der Waals surface area contributed by atoms with E-state index in [9.17, 15) is 4.79 Å². The third-order valence-electron chi connectivity index (χ3n) is 3.02. The SMILES string of the molecule is N[C@@H](Cc1ccc(N2CCNCC2)nc1)C(=O)O. The number of hydrogen-bond acceptors (Lipinski definition) is 5. The van der Waals surface area contributed by atoms with Crippen molar-refractivity contribution >= 4 is 11.8 Å². The Morgan fingerprint density at radius 1 is 1.50 bits per heavy atom. The average molecular weight is 250 g/mol. The molecule has 4 N–H and O–H groups in total. The number of pyridine rings is 1. The number of carbonyl (C=O) groups is 1. The summed E-state index contributed by atoms with van der Waals surface area (Å²) in [6.07, 6.45) is 2.02. The van der Waals surface area contributed by atoms with E-state index in [1.54, 1.807) is 6.20 Å². The first kappa shape index (κ1) is 12.8. The van der Waals surface area contributed by atoms with Gasteiger partial charge in [-0.15, -0.1) is 0 Å². The number of nitrogens with one attached hydrogen (secondary N) is 1. The van der Waals surface area contributed by atoms with E-state index in [1.807, 2.05) is 12.1 Å². The Kier molecular flexibility index (Phi) is 4.11. The topological polar surface area (TPSA) is 91.5 Å². The molecule has 1 fully saturated rings. The highest BCUT2D eigenvalue weighted by Gasteiger charge is 2.14. The number of nitrogens with two attached hydrogens (primary N) is 1. The van der Waals surface area contributed by atoms with Crippen molar-refractivity contribution in [2.45, 2.75) is 12.5 Å². The molecule has 0 amide bonds. The van der Waals surface area contributed by atoms with E-state index in [1.165, 1.54) is 0 Å². The van der Waals surface area contributed by atoms with E-state index < -0.39 is 12.0 Å². The van der Waals surface area contributed by atoms with Crippen LogP contribution in [0.3, 0.4) is 0 Å². The molecule has 1 aliphatic heterocycles. The smallest absolute Gasteiger partial charge is 0.320 e. The first-order valence-electron chi connectivity index (χ1n) is 6.06. The first-order chi connectivity index (χ1) is 8.66. The van der Waals surface area contributed by atoms with Gasteiger partial charge in [-0.3, -0.25) is 4.79 Å². The molecule has 0 bridgehead atoms. The summed E-state index contributed by atoms with van der Waals surface area (Å²) in [5, 5.41) is 12.0. The van der Waals surface area contributed by atoms with Crippen LogP contribution in [0.5, 0.6) is 0 Å². The largest absolute Gasteiger partial charge is 0.480 e. The van der Waals surface area contributed by atoms with E-state index in [4.69, 9.17) is 10.8 Å². The molecule has 0 aromatic carbocycles. The molecule has 2 rings (SSSR count). The molecular formula is C12H18N4O2. The number of aromatic nitrogens is 1. The molecule has 6 heteroatoms. The molecule has 0 aliphatic carbocycles. The number of hydrogen-bond donors (Lipinski definition) is 3. The zero-order valence-corrected chi connectivity index (χ0v) is 10.2. The van der Waals surface area contributed by atoms with Crippen molar-refractivity contribution in [1.29, 1.82) is 0 Å². The fraction of sp³-hybridized carbons (Fsp3) is 0.500. The van der Waals surface area contributed by atoms with E-state index in [0.29, 0.717) is 6.42 Å². The summed E-state index contributed by atoms with van der Waals surface area (Å²) >= 11 is 0. The van der Waals surface area contributed by atoms with E-state index in [2.05, 4.69) is 15.2 Å². The second kappa shape index (κ2) is 5.79. The lowest BCUT2D eigenvalue weighted by Crippen LogP contribution is -2.43. The summed E-state index contributed by atoms with van der Waals surface area (Å²) in [6, 6.07) is 2.96. The first-order valence-corrected chi connectivity index (χ1v) is 6.06. The number of rotatable bonds is 4. The van der Waals surface area contributed by atoms with Gasteiger partial charge < -0.3 is 21.1 Å². The predicted molar refractivity (Wildman–Crippen MR) is 68.6 cm³/mol. The number of anilines is 1. The number of aliphatic carboxylic acids is 1. The Morgan fingerprint density at radius 2 is 2.22 bits per heavy atom. The lowest BCUT2D eigenvalue weighted by atomic mass is 10.1. The van der Waals surface area contributed by atoms with Crippen LogP contribution in [0.4, 0.5) is 5.82 Å². The molecule has 0 unspecified atom stereocenters. The summed E-state index contributed by atoms with van der Waals surface area (Å²) in [5.41, 5.74) is 6.33. The number of carboxylic acid groups (broad SMARTS) is 1. The molecule has 0 spiro atoms. The maximum Gasteiger partial charge on any atom is 0.320 e.